The Kier molecular flexibility index (Phi) is 2.62. The lowest BCUT2D eigenvalue weighted by molar-refractivity contribution is 0.0747. The van der Waals surface area contributed by atoms with Gasteiger partial charge in [-0.25, -0.2) is 0 Å². The number of nitrogens with zero attached hydrogens (tertiary/aromatic N) is 1. The van der Waals surface area contributed by atoms with Crippen molar-refractivity contribution in [3.63, 3.8) is 0 Å². The fraction of sp³-hybridized carbons (Fsp3) is 0.333. The lowest BCUT2D eigenvalue weighted by atomic mass is 9.66. The molecular weight excluding hydrogens is 254 g/mol. The van der Waals surface area contributed by atoms with Crippen LogP contribution in [-0.2, 0) is 0 Å². The maximum Gasteiger partial charge on any atom is 0.184 e. The lowest BCUT2D eigenvalue weighted by Gasteiger charge is -2.33. The van der Waals surface area contributed by atoms with Gasteiger partial charge < -0.3 is 0 Å². The molecule has 15 heavy (non-hydrogen) atoms. The Morgan fingerprint density at radius 2 is 2.07 bits per heavy atom. The van der Waals surface area contributed by atoms with Gasteiger partial charge in [0.2, 0.25) is 0 Å². The van der Waals surface area contributed by atoms with E-state index in [1.165, 1.54) is 0 Å². The number of ketones is 1. The number of hydrogen-bond donors (Lipinski definition) is 0. The first kappa shape index (κ1) is 10.4. The highest BCUT2D eigenvalue weighted by Gasteiger charge is 2.45. The van der Waals surface area contributed by atoms with Gasteiger partial charge >= 0.3 is 0 Å². The molecule has 0 atom stereocenters. The van der Waals surface area contributed by atoms with Crippen molar-refractivity contribution in [3.05, 3.63) is 34.3 Å². The normalized spacial score (nSPS) is 17.6. The molecule has 0 heterocycles. The molecule has 1 aromatic carbocycles. The molecule has 1 aliphatic carbocycles. The van der Waals surface area contributed by atoms with Crippen molar-refractivity contribution in [2.24, 2.45) is 5.41 Å². The summed E-state index contributed by atoms with van der Waals surface area (Å²) in [6.07, 6.45) is 2.37. The minimum Gasteiger partial charge on any atom is -0.292 e. The Hall–Kier alpha value is -1.14. The monoisotopic (exact) mass is 263 g/mol. The van der Waals surface area contributed by atoms with Crippen LogP contribution in [0.3, 0.4) is 0 Å². The maximum atomic E-state index is 12.1. The van der Waals surface area contributed by atoms with E-state index in [0.29, 0.717) is 18.4 Å². The van der Waals surface area contributed by atoms with Crippen LogP contribution >= 0.6 is 15.9 Å². The van der Waals surface area contributed by atoms with Crippen molar-refractivity contribution < 1.29 is 4.79 Å². The molecule has 0 N–H and O–H groups in total. The highest BCUT2D eigenvalue weighted by molar-refractivity contribution is 9.10. The Morgan fingerprint density at radius 3 is 2.53 bits per heavy atom. The molecule has 3 heteroatoms. The first-order chi connectivity index (χ1) is 7.19. The SMILES string of the molecule is N#CC1(C(=O)c2ccccc2Br)CCC1. The molecule has 0 radical (unpaired) electrons. The third kappa shape index (κ3) is 1.59. The first-order valence-electron chi connectivity index (χ1n) is 4.90. The molecule has 2 nitrogen and oxygen atoms in total. The van der Waals surface area contributed by atoms with Crippen molar-refractivity contribution in [1.82, 2.24) is 0 Å². The van der Waals surface area contributed by atoms with Crippen molar-refractivity contribution in [3.8, 4) is 6.07 Å². The van der Waals surface area contributed by atoms with Gasteiger partial charge in [0, 0.05) is 10.0 Å². The molecule has 2 rings (SSSR count). The van der Waals surface area contributed by atoms with Gasteiger partial charge in [-0.2, -0.15) is 5.26 Å². The number of nitriles is 1. The predicted molar refractivity (Wildman–Crippen MR) is 60.4 cm³/mol. The van der Waals surface area contributed by atoms with Crippen molar-refractivity contribution in [2.45, 2.75) is 19.3 Å². The Labute approximate surface area is 97.0 Å². The van der Waals surface area contributed by atoms with E-state index in [2.05, 4.69) is 22.0 Å². The Balaban J connectivity index is 2.37. The van der Waals surface area contributed by atoms with Gasteiger partial charge in [-0.15, -0.1) is 0 Å². The molecule has 0 aromatic heterocycles. The summed E-state index contributed by atoms with van der Waals surface area (Å²) in [6, 6.07) is 9.45. The smallest absolute Gasteiger partial charge is 0.184 e. The van der Waals surface area contributed by atoms with Crippen molar-refractivity contribution >= 4 is 21.7 Å². The van der Waals surface area contributed by atoms with Crippen LogP contribution in [0.1, 0.15) is 29.6 Å². The van der Waals surface area contributed by atoms with Gasteiger partial charge in [0.15, 0.2) is 5.78 Å². The van der Waals surface area contributed by atoms with E-state index < -0.39 is 5.41 Å². The average molecular weight is 264 g/mol. The van der Waals surface area contributed by atoms with Gasteiger partial charge in [0.1, 0.15) is 5.41 Å². The zero-order valence-electron chi connectivity index (χ0n) is 8.16. The fourth-order valence-corrected chi connectivity index (χ4v) is 2.29. The van der Waals surface area contributed by atoms with Crippen LogP contribution < -0.4 is 0 Å². The van der Waals surface area contributed by atoms with Gasteiger partial charge in [-0.1, -0.05) is 34.1 Å². The van der Waals surface area contributed by atoms with Crippen LogP contribution in [0.2, 0.25) is 0 Å². The van der Waals surface area contributed by atoms with E-state index >= 15 is 0 Å². The fourth-order valence-electron chi connectivity index (χ4n) is 1.82. The molecule has 0 spiro atoms. The largest absolute Gasteiger partial charge is 0.292 e. The van der Waals surface area contributed by atoms with Crippen LogP contribution in [0.25, 0.3) is 0 Å². The van der Waals surface area contributed by atoms with E-state index in [-0.39, 0.29) is 5.78 Å². The van der Waals surface area contributed by atoms with Crippen LogP contribution in [-0.4, -0.2) is 5.78 Å². The summed E-state index contributed by atoms with van der Waals surface area (Å²) < 4.78 is 0.775. The standard InChI is InChI=1S/C12H10BrNO/c13-10-5-2-1-4-9(10)11(15)12(8-14)6-3-7-12/h1-2,4-5H,3,6-7H2. The minimum atomic E-state index is -0.746. The lowest BCUT2D eigenvalue weighted by Crippen LogP contribution is -2.36. The van der Waals surface area contributed by atoms with Gasteiger partial charge in [0.05, 0.1) is 6.07 Å². The molecule has 0 amide bonds. The topological polar surface area (TPSA) is 40.9 Å². The Bertz CT molecular complexity index is 443. The number of hydrogen-bond acceptors (Lipinski definition) is 2. The Morgan fingerprint density at radius 1 is 1.40 bits per heavy atom. The van der Waals surface area contributed by atoms with Gasteiger partial charge in [-0.05, 0) is 25.3 Å². The van der Waals surface area contributed by atoms with E-state index in [9.17, 15) is 4.79 Å². The third-order valence-electron chi connectivity index (χ3n) is 2.97. The van der Waals surface area contributed by atoms with E-state index in [4.69, 9.17) is 5.26 Å². The van der Waals surface area contributed by atoms with Crippen molar-refractivity contribution in [2.75, 3.05) is 0 Å². The second kappa shape index (κ2) is 3.79. The number of halogens is 1. The molecule has 0 bridgehead atoms. The van der Waals surface area contributed by atoms with Crippen molar-refractivity contribution in [1.29, 1.82) is 5.26 Å². The highest BCUT2D eigenvalue weighted by Crippen LogP contribution is 2.43. The number of benzene rings is 1. The molecule has 1 aliphatic rings. The third-order valence-corrected chi connectivity index (χ3v) is 3.67. The molecule has 1 aromatic rings. The highest BCUT2D eigenvalue weighted by atomic mass is 79.9. The summed E-state index contributed by atoms with van der Waals surface area (Å²) in [5, 5.41) is 9.07. The van der Waals surface area contributed by atoms with Gasteiger partial charge in [-0.3, -0.25) is 4.79 Å². The summed E-state index contributed by atoms with van der Waals surface area (Å²) in [6.45, 7) is 0. The number of carbonyl (C=O) groups is 1. The zero-order chi connectivity index (χ0) is 10.9. The van der Waals surface area contributed by atoms with E-state index in [0.717, 1.165) is 10.9 Å². The number of rotatable bonds is 2. The molecule has 0 aliphatic heterocycles. The summed E-state index contributed by atoms with van der Waals surface area (Å²) in [5.74, 6) is -0.0382. The quantitative estimate of drug-likeness (QED) is 0.769. The summed E-state index contributed by atoms with van der Waals surface area (Å²) >= 11 is 3.34. The zero-order valence-corrected chi connectivity index (χ0v) is 9.75. The van der Waals surface area contributed by atoms with Crippen LogP contribution in [0.4, 0.5) is 0 Å². The first-order valence-corrected chi connectivity index (χ1v) is 5.69. The number of Topliss-reactive ketones (excluding diaryl/α,β-unsaturated/α-hetero) is 1. The van der Waals surface area contributed by atoms with Crippen LogP contribution in [0.5, 0.6) is 0 Å². The minimum absolute atomic E-state index is 0.0382. The summed E-state index contributed by atoms with van der Waals surface area (Å²) in [7, 11) is 0. The maximum absolute atomic E-state index is 12.1. The van der Waals surface area contributed by atoms with Gasteiger partial charge in [0.25, 0.3) is 0 Å². The second-order valence-electron chi connectivity index (χ2n) is 3.86. The van der Waals surface area contributed by atoms with E-state index in [1.54, 1.807) is 6.07 Å². The number of carbonyl (C=O) groups excluding carboxylic acids is 1. The van der Waals surface area contributed by atoms with E-state index in [1.807, 2.05) is 18.2 Å². The van der Waals surface area contributed by atoms with Crippen LogP contribution in [0.15, 0.2) is 28.7 Å². The predicted octanol–water partition coefficient (Wildman–Crippen LogP) is 3.33. The summed E-state index contributed by atoms with van der Waals surface area (Å²) in [4.78, 5) is 12.1. The van der Waals surface area contributed by atoms with Crippen LogP contribution in [0, 0.1) is 16.7 Å². The molecule has 1 saturated carbocycles. The summed E-state index contributed by atoms with van der Waals surface area (Å²) in [5.41, 5.74) is -0.122. The molecule has 0 saturated heterocycles. The average Bonchev–Trinajstić information content (AvgIpc) is 2.17. The molecule has 0 unspecified atom stereocenters. The molecule has 1 fully saturated rings. The molecule has 76 valence electrons. The second-order valence-corrected chi connectivity index (χ2v) is 4.71. The molecular formula is C12H10BrNO.